The van der Waals surface area contributed by atoms with Crippen LogP contribution in [-0.2, 0) is 11.2 Å². The Kier molecular flexibility index (Phi) is 5.28. The Morgan fingerprint density at radius 1 is 1.48 bits per heavy atom. The number of hydrogen-bond donors (Lipinski definition) is 2. The number of ether oxygens (including phenoxy) is 1. The van der Waals surface area contributed by atoms with Crippen molar-refractivity contribution in [3.63, 3.8) is 0 Å². The van der Waals surface area contributed by atoms with E-state index in [1.54, 1.807) is 6.92 Å². The van der Waals surface area contributed by atoms with Crippen molar-refractivity contribution >= 4 is 23.2 Å². The first-order chi connectivity index (χ1) is 10.9. The first-order valence-corrected chi connectivity index (χ1v) is 7.53. The number of benzene rings is 1. The number of carboxylic acid groups (broad SMARTS) is 1. The molecule has 6 nitrogen and oxygen atoms in total. The van der Waals surface area contributed by atoms with E-state index in [-0.39, 0.29) is 17.2 Å². The summed E-state index contributed by atoms with van der Waals surface area (Å²) < 4.78 is 18.4. The molecule has 0 radical (unpaired) electrons. The van der Waals surface area contributed by atoms with Crippen molar-refractivity contribution in [1.82, 2.24) is 10.3 Å². The standard InChI is InChI=1S/C15H15FN2O4S/c1-8(14-17-7-12(23-14)15(20)21)18-13(19)6-9-5-10(16)3-4-11(9)22-2/h3-5,7-8H,6H2,1-2H3,(H,18,19)(H,20,21). The number of hydrogen-bond acceptors (Lipinski definition) is 5. The van der Waals surface area contributed by atoms with Crippen LogP contribution in [0.4, 0.5) is 4.39 Å². The van der Waals surface area contributed by atoms with Gasteiger partial charge < -0.3 is 15.2 Å². The van der Waals surface area contributed by atoms with Crippen LogP contribution < -0.4 is 10.1 Å². The van der Waals surface area contributed by atoms with E-state index in [2.05, 4.69) is 10.3 Å². The lowest BCUT2D eigenvalue weighted by atomic mass is 10.1. The smallest absolute Gasteiger partial charge is 0.347 e. The SMILES string of the molecule is COc1ccc(F)cc1CC(=O)NC(C)c1ncc(C(=O)O)s1. The number of methoxy groups -OCH3 is 1. The summed E-state index contributed by atoms with van der Waals surface area (Å²) in [4.78, 5) is 27.0. The maximum atomic E-state index is 13.3. The molecule has 2 rings (SSSR count). The van der Waals surface area contributed by atoms with E-state index in [1.807, 2.05) is 0 Å². The van der Waals surface area contributed by atoms with Crippen molar-refractivity contribution in [3.05, 3.63) is 45.7 Å². The Labute approximate surface area is 135 Å². The fourth-order valence-electron chi connectivity index (χ4n) is 2.00. The van der Waals surface area contributed by atoms with Gasteiger partial charge in [-0.25, -0.2) is 14.2 Å². The van der Waals surface area contributed by atoms with Gasteiger partial charge >= 0.3 is 5.97 Å². The van der Waals surface area contributed by atoms with Gasteiger partial charge in [0, 0.05) is 5.56 Å². The van der Waals surface area contributed by atoms with E-state index in [4.69, 9.17) is 9.84 Å². The molecule has 8 heteroatoms. The molecule has 23 heavy (non-hydrogen) atoms. The largest absolute Gasteiger partial charge is 0.496 e. The second-order valence-corrected chi connectivity index (χ2v) is 5.85. The monoisotopic (exact) mass is 338 g/mol. The molecule has 0 bridgehead atoms. The molecule has 0 aliphatic heterocycles. The molecule has 0 fully saturated rings. The summed E-state index contributed by atoms with van der Waals surface area (Å²) in [6.07, 6.45) is 1.20. The highest BCUT2D eigenvalue weighted by atomic mass is 32.1. The minimum Gasteiger partial charge on any atom is -0.496 e. The van der Waals surface area contributed by atoms with E-state index in [1.165, 1.54) is 31.5 Å². The van der Waals surface area contributed by atoms with Crippen LogP contribution in [0.25, 0.3) is 0 Å². The fourth-order valence-corrected chi connectivity index (χ4v) is 2.76. The zero-order valence-corrected chi connectivity index (χ0v) is 13.3. The van der Waals surface area contributed by atoms with Gasteiger partial charge in [-0.15, -0.1) is 11.3 Å². The van der Waals surface area contributed by atoms with Gasteiger partial charge in [0.15, 0.2) is 0 Å². The van der Waals surface area contributed by atoms with Crippen molar-refractivity contribution in [3.8, 4) is 5.75 Å². The zero-order chi connectivity index (χ0) is 17.0. The van der Waals surface area contributed by atoms with Crippen LogP contribution in [0, 0.1) is 5.82 Å². The van der Waals surface area contributed by atoms with Crippen LogP contribution in [0.15, 0.2) is 24.4 Å². The summed E-state index contributed by atoms with van der Waals surface area (Å²) in [6, 6.07) is 3.52. The molecule has 1 atom stereocenters. The Morgan fingerprint density at radius 2 is 2.22 bits per heavy atom. The zero-order valence-electron chi connectivity index (χ0n) is 12.5. The van der Waals surface area contributed by atoms with Crippen LogP contribution in [0.1, 0.15) is 33.2 Å². The average Bonchev–Trinajstić information content (AvgIpc) is 2.97. The Balaban J connectivity index is 2.04. The molecular formula is C15H15FN2O4S. The van der Waals surface area contributed by atoms with Crippen LogP contribution in [0.5, 0.6) is 5.75 Å². The van der Waals surface area contributed by atoms with Gasteiger partial charge in [-0.2, -0.15) is 0 Å². The highest BCUT2D eigenvalue weighted by Gasteiger charge is 2.17. The molecule has 2 N–H and O–H groups in total. The lowest BCUT2D eigenvalue weighted by Crippen LogP contribution is -2.28. The normalized spacial score (nSPS) is 11.8. The molecule has 0 spiro atoms. The third-order valence-corrected chi connectivity index (χ3v) is 4.24. The Bertz CT molecular complexity index is 732. The van der Waals surface area contributed by atoms with Gasteiger partial charge in [-0.05, 0) is 25.1 Å². The number of aromatic carboxylic acids is 1. The van der Waals surface area contributed by atoms with Gasteiger partial charge in [-0.1, -0.05) is 0 Å². The maximum Gasteiger partial charge on any atom is 0.347 e. The predicted octanol–water partition coefficient (Wildman–Crippen LogP) is 2.41. The van der Waals surface area contributed by atoms with E-state index >= 15 is 0 Å². The fraction of sp³-hybridized carbons (Fsp3) is 0.267. The van der Waals surface area contributed by atoms with Gasteiger partial charge in [0.1, 0.15) is 21.5 Å². The molecule has 2 aromatic rings. The molecular weight excluding hydrogens is 323 g/mol. The Morgan fingerprint density at radius 3 is 2.83 bits per heavy atom. The third kappa shape index (κ3) is 4.26. The number of amides is 1. The minimum atomic E-state index is -1.06. The number of carbonyl (C=O) groups is 2. The molecule has 0 aliphatic carbocycles. The van der Waals surface area contributed by atoms with E-state index in [0.717, 1.165) is 11.3 Å². The molecule has 0 saturated carbocycles. The quantitative estimate of drug-likeness (QED) is 0.844. The van der Waals surface area contributed by atoms with Crippen LogP contribution in [-0.4, -0.2) is 29.1 Å². The summed E-state index contributed by atoms with van der Waals surface area (Å²) in [5, 5.41) is 12.1. The second-order valence-electron chi connectivity index (χ2n) is 4.79. The number of carbonyl (C=O) groups excluding carboxylic acids is 1. The third-order valence-electron chi connectivity index (χ3n) is 3.08. The van der Waals surface area contributed by atoms with Gasteiger partial charge in [0.25, 0.3) is 0 Å². The van der Waals surface area contributed by atoms with Gasteiger partial charge in [0.2, 0.25) is 5.91 Å². The topological polar surface area (TPSA) is 88.5 Å². The van der Waals surface area contributed by atoms with Crippen LogP contribution >= 0.6 is 11.3 Å². The first kappa shape index (κ1) is 16.9. The number of rotatable bonds is 6. The van der Waals surface area contributed by atoms with Crippen LogP contribution in [0.2, 0.25) is 0 Å². The number of carboxylic acids is 1. The lowest BCUT2D eigenvalue weighted by molar-refractivity contribution is -0.121. The van der Waals surface area contributed by atoms with Crippen molar-refractivity contribution in [1.29, 1.82) is 0 Å². The summed E-state index contributed by atoms with van der Waals surface area (Å²) in [5.74, 6) is -1.42. The predicted molar refractivity (Wildman–Crippen MR) is 82.3 cm³/mol. The molecule has 1 amide bonds. The van der Waals surface area contributed by atoms with Gasteiger partial charge in [-0.3, -0.25) is 4.79 Å². The van der Waals surface area contributed by atoms with E-state index < -0.39 is 17.8 Å². The lowest BCUT2D eigenvalue weighted by Gasteiger charge is -2.13. The number of nitrogens with zero attached hydrogens (tertiary/aromatic N) is 1. The molecule has 0 aliphatic rings. The Hall–Kier alpha value is -2.48. The summed E-state index contributed by atoms with van der Waals surface area (Å²) in [6.45, 7) is 1.70. The molecule has 1 aromatic heterocycles. The number of aromatic nitrogens is 1. The average molecular weight is 338 g/mol. The molecule has 0 saturated heterocycles. The first-order valence-electron chi connectivity index (χ1n) is 6.71. The molecule has 1 heterocycles. The van der Waals surface area contributed by atoms with Crippen LogP contribution in [0.3, 0.4) is 0 Å². The maximum absolute atomic E-state index is 13.3. The minimum absolute atomic E-state index is 0.0531. The summed E-state index contributed by atoms with van der Waals surface area (Å²) in [7, 11) is 1.44. The van der Waals surface area contributed by atoms with Crippen molar-refractivity contribution in [2.45, 2.75) is 19.4 Å². The van der Waals surface area contributed by atoms with Gasteiger partial charge in [0.05, 0.1) is 25.8 Å². The second kappa shape index (κ2) is 7.19. The number of nitrogens with one attached hydrogen (secondary N) is 1. The number of thiazole rings is 1. The van der Waals surface area contributed by atoms with E-state index in [0.29, 0.717) is 16.3 Å². The molecule has 1 aromatic carbocycles. The highest BCUT2D eigenvalue weighted by molar-refractivity contribution is 7.13. The highest BCUT2D eigenvalue weighted by Crippen LogP contribution is 2.22. The van der Waals surface area contributed by atoms with Crippen molar-refractivity contribution in [2.24, 2.45) is 0 Å². The summed E-state index contributed by atoms with van der Waals surface area (Å²) in [5.41, 5.74) is 0.433. The summed E-state index contributed by atoms with van der Waals surface area (Å²) >= 11 is 0.997. The van der Waals surface area contributed by atoms with Crippen molar-refractivity contribution in [2.75, 3.05) is 7.11 Å². The molecule has 122 valence electrons. The number of halogens is 1. The van der Waals surface area contributed by atoms with E-state index in [9.17, 15) is 14.0 Å². The molecule has 1 unspecified atom stereocenters. The van der Waals surface area contributed by atoms with Crippen molar-refractivity contribution < 1.29 is 23.8 Å².